The first-order valence-electron chi connectivity index (χ1n) is 11.5. The second-order valence-corrected chi connectivity index (χ2v) is 8.51. The molecule has 2 aliphatic heterocycles. The molecule has 1 unspecified atom stereocenters. The number of fused-ring (bicyclic) bond motifs is 1. The van der Waals surface area contributed by atoms with Crippen LogP contribution in [-0.2, 0) is 0 Å². The lowest BCUT2D eigenvalue weighted by molar-refractivity contribution is 0.00992. The van der Waals surface area contributed by atoms with Crippen molar-refractivity contribution in [3.63, 3.8) is 0 Å². The Bertz CT molecular complexity index is 821. The minimum Gasteiger partial charge on any atom is -0.475 e. The van der Waals surface area contributed by atoms with Crippen LogP contribution in [0.4, 0.5) is 0 Å². The van der Waals surface area contributed by atoms with Crippen molar-refractivity contribution >= 4 is 16.7 Å². The normalized spacial score (nSPS) is 19.7. The highest BCUT2D eigenvalue weighted by Gasteiger charge is 2.21. The Balaban J connectivity index is 1.48. The Kier molecular flexibility index (Phi) is 6.70. The molecule has 2 aliphatic rings. The highest BCUT2D eigenvalue weighted by molar-refractivity contribution is 5.98. The molecule has 4 heteroatoms. The summed E-state index contributed by atoms with van der Waals surface area (Å²) < 4.78 is 6.35. The topological polar surface area (TPSA) is 32.8 Å². The zero-order valence-corrected chi connectivity index (χ0v) is 17.7. The fourth-order valence-corrected chi connectivity index (χ4v) is 4.67. The van der Waals surface area contributed by atoms with E-state index in [-0.39, 0.29) is 12.1 Å². The van der Waals surface area contributed by atoms with Crippen molar-refractivity contribution < 1.29 is 9.53 Å². The van der Waals surface area contributed by atoms with Gasteiger partial charge in [-0.25, -0.2) is 0 Å². The number of ether oxygens (including phenoxy) is 1. The van der Waals surface area contributed by atoms with Gasteiger partial charge in [0, 0.05) is 31.7 Å². The number of nitrogens with zero attached hydrogens (tertiary/aromatic N) is 2. The van der Waals surface area contributed by atoms with Crippen LogP contribution in [0.5, 0.6) is 5.75 Å². The Morgan fingerprint density at radius 1 is 0.862 bits per heavy atom. The summed E-state index contributed by atoms with van der Waals surface area (Å²) in [5.74, 6) is 1.09. The minimum atomic E-state index is 0.150. The van der Waals surface area contributed by atoms with Crippen LogP contribution in [-0.4, -0.2) is 48.1 Å². The summed E-state index contributed by atoms with van der Waals surface area (Å²) in [7, 11) is 0. The van der Waals surface area contributed by atoms with Crippen LogP contribution in [0.15, 0.2) is 36.4 Å². The van der Waals surface area contributed by atoms with Crippen molar-refractivity contribution in [3.05, 3.63) is 42.0 Å². The Morgan fingerprint density at radius 3 is 2.21 bits per heavy atom. The molecule has 1 amide bonds. The van der Waals surface area contributed by atoms with Crippen molar-refractivity contribution in [2.24, 2.45) is 0 Å². The van der Waals surface area contributed by atoms with Gasteiger partial charge in [-0.3, -0.25) is 9.69 Å². The molecule has 0 N–H and O–H groups in total. The average molecular weight is 395 g/mol. The molecule has 2 fully saturated rings. The van der Waals surface area contributed by atoms with Crippen molar-refractivity contribution in [1.82, 2.24) is 9.80 Å². The molecule has 0 aliphatic carbocycles. The van der Waals surface area contributed by atoms with Crippen LogP contribution in [0, 0.1) is 0 Å². The number of likely N-dealkylation sites (tertiary alicyclic amines) is 2. The Hall–Kier alpha value is -2.07. The van der Waals surface area contributed by atoms with E-state index in [1.54, 1.807) is 0 Å². The largest absolute Gasteiger partial charge is 0.475 e. The van der Waals surface area contributed by atoms with Gasteiger partial charge in [0.25, 0.3) is 5.91 Å². The molecule has 1 atom stereocenters. The van der Waals surface area contributed by atoms with Gasteiger partial charge in [-0.2, -0.15) is 0 Å². The summed E-state index contributed by atoms with van der Waals surface area (Å²) in [4.78, 5) is 17.4. The fraction of sp³-hybridized carbons (Fsp3) is 0.560. The van der Waals surface area contributed by atoms with E-state index in [1.165, 1.54) is 32.1 Å². The molecule has 2 aromatic rings. The number of hydrogen-bond donors (Lipinski definition) is 0. The van der Waals surface area contributed by atoms with Crippen LogP contribution in [0.1, 0.15) is 68.6 Å². The van der Waals surface area contributed by atoms with Gasteiger partial charge in [0.05, 0.1) is 0 Å². The van der Waals surface area contributed by atoms with Gasteiger partial charge in [0.1, 0.15) is 5.75 Å². The molecule has 4 rings (SSSR count). The van der Waals surface area contributed by atoms with Crippen molar-refractivity contribution in [1.29, 1.82) is 0 Å². The van der Waals surface area contributed by atoms with E-state index < -0.39 is 0 Å². The van der Waals surface area contributed by atoms with Crippen molar-refractivity contribution in [3.8, 4) is 5.75 Å². The van der Waals surface area contributed by atoms with E-state index in [2.05, 4.69) is 36.1 Å². The van der Waals surface area contributed by atoms with Crippen molar-refractivity contribution in [2.45, 2.75) is 64.5 Å². The molecule has 0 aromatic heterocycles. The summed E-state index contributed by atoms with van der Waals surface area (Å²) in [6.07, 6.45) is 9.72. The Morgan fingerprint density at radius 2 is 1.48 bits per heavy atom. The smallest absolute Gasteiger partial charge is 0.253 e. The molecule has 0 radical (unpaired) electrons. The summed E-state index contributed by atoms with van der Waals surface area (Å²) in [5.41, 5.74) is 0.799. The number of amides is 1. The van der Waals surface area contributed by atoms with E-state index >= 15 is 0 Å². The molecule has 2 heterocycles. The molecule has 156 valence electrons. The van der Waals surface area contributed by atoms with Gasteiger partial charge in [0.2, 0.25) is 0 Å². The molecular formula is C25H34N2O2. The first-order chi connectivity index (χ1) is 14.2. The van der Waals surface area contributed by atoms with Gasteiger partial charge < -0.3 is 9.64 Å². The predicted molar refractivity (Wildman–Crippen MR) is 118 cm³/mol. The Labute approximate surface area is 174 Å². The van der Waals surface area contributed by atoms with Crippen LogP contribution in [0.2, 0.25) is 0 Å². The second-order valence-electron chi connectivity index (χ2n) is 8.51. The molecule has 29 heavy (non-hydrogen) atoms. The van der Waals surface area contributed by atoms with Crippen LogP contribution < -0.4 is 4.74 Å². The van der Waals surface area contributed by atoms with E-state index in [0.29, 0.717) is 0 Å². The van der Waals surface area contributed by atoms with Gasteiger partial charge >= 0.3 is 0 Å². The van der Waals surface area contributed by atoms with Crippen LogP contribution in [0.25, 0.3) is 10.8 Å². The lowest BCUT2D eigenvalue weighted by atomic mass is 10.1. The monoisotopic (exact) mass is 394 g/mol. The molecule has 0 saturated carbocycles. The number of rotatable bonds is 5. The second kappa shape index (κ2) is 9.62. The number of benzene rings is 2. The third kappa shape index (κ3) is 4.92. The SMILES string of the molecule is CCC(Oc1ccc2cc(C(=O)N3CCCCCC3)ccc2c1)N1CCCCC1. The molecule has 4 nitrogen and oxygen atoms in total. The first-order valence-corrected chi connectivity index (χ1v) is 11.5. The molecule has 0 bridgehead atoms. The maximum atomic E-state index is 12.9. The zero-order chi connectivity index (χ0) is 20.1. The summed E-state index contributed by atoms with van der Waals surface area (Å²) in [6.45, 7) is 6.24. The van der Waals surface area contributed by atoms with E-state index in [1.807, 2.05) is 17.0 Å². The van der Waals surface area contributed by atoms with E-state index in [0.717, 1.165) is 67.5 Å². The predicted octanol–water partition coefficient (Wildman–Crippen LogP) is 5.46. The maximum Gasteiger partial charge on any atom is 0.253 e. The number of hydrogen-bond acceptors (Lipinski definition) is 3. The van der Waals surface area contributed by atoms with Gasteiger partial charge in [-0.05, 0) is 67.1 Å². The third-order valence-corrected chi connectivity index (χ3v) is 6.37. The molecular weight excluding hydrogens is 360 g/mol. The van der Waals surface area contributed by atoms with Crippen LogP contribution >= 0.6 is 0 Å². The van der Waals surface area contributed by atoms with Crippen LogP contribution in [0.3, 0.4) is 0 Å². The standard InChI is InChI=1S/C25H34N2O2/c1-2-24(26-14-8-5-9-15-26)29-23-13-12-20-18-22(11-10-21(20)19-23)25(28)27-16-6-3-4-7-17-27/h10-13,18-19,24H,2-9,14-17H2,1H3. The average Bonchev–Trinajstić information content (AvgIpc) is 3.07. The summed E-state index contributed by atoms with van der Waals surface area (Å²) in [6, 6.07) is 12.3. The maximum absolute atomic E-state index is 12.9. The summed E-state index contributed by atoms with van der Waals surface area (Å²) in [5, 5.41) is 2.23. The lowest BCUT2D eigenvalue weighted by Gasteiger charge is -2.34. The third-order valence-electron chi connectivity index (χ3n) is 6.37. The van der Waals surface area contributed by atoms with E-state index in [4.69, 9.17) is 4.74 Å². The highest BCUT2D eigenvalue weighted by atomic mass is 16.5. The lowest BCUT2D eigenvalue weighted by Crippen LogP contribution is -2.42. The molecule has 2 saturated heterocycles. The number of carbonyl (C=O) groups is 1. The van der Waals surface area contributed by atoms with Crippen molar-refractivity contribution in [2.75, 3.05) is 26.2 Å². The fourth-order valence-electron chi connectivity index (χ4n) is 4.67. The molecule has 0 spiro atoms. The van der Waals surface area contributed by atoms with Gasteiger partial charge in [0.15, 0.2) is 6.23 Å². The first kappa shape index (κ1) is 20.2. The zero-order valence-electron chi connectivity index (χ0n) is 17.7. The number of piperidine rings is 1. The van der Waals surface area contributed by atoms with Gasteiger partial charge in [-0.15, -0.1) is 0 Å². The molecule has 2 aromatic carbocycles. The highest BCUT2D eigenvalue weighted by Crippen LogP contribution is 2.26. The quantitative estimate of drug-likeness (QED) is 0.675. The van der Waals surface area contributed by atoms with E-state index in [9.17, 15) is 4.79 Å². The minimum absolute atomic E-state index is 0.150. The number of carbonyl (C=O) groups excluding carboxylic acids is 1. The van der Waals surface area contributed by atoms with Gasteiger partial charge in [-0.1, -0.05) is 38.3 Å². The summed E-state index contributed by atoms with van der Waals surface area (Å²) >= 11 is 0.